The lowest BCUT2D eigenvalue weighted by molar-refractivity contribution is -0.127. The number of piperidine rings is 1. The molecule has 7 nitrogen and oxygen atoms in total. The molecule has 0 aliphatic carbocycles. The molecule has 2 fully saturated rings. The lowest BCUT2D eigenvalue weighted by Gasteiger charge is -2.35. The number of carbonyl (C=O) groups excluding carboxylic acids is 3. The summed E-state index contributed by atoms with van der Waals surface area (Å²) in [4.78, 5) is 40.4. The average molecular weight is 386 g/mol. The number of anilines is 1. The van der Waals surface area contributed by atoms with Gasteiger partial charge in [-0.15, -0.1) is 0 Å². The molecule has 2 aliphatic rings. The van der Waals surface area contributed by atoms with Crippen molar-refractivity contribution in [3.05, 3.63) is 29.8 Å². The van der Waals surface area contributed by atoms with Crippen LogP contribution in [0.1, 0.15) is 51.1 Å². The van der Waals surface area contributed by atoms with E-state index in [9.17, 15) is 14.4 Å². The van der Waals surface area contributed by atoms with Gasteiger partial charge in [0.25, 0.3) is 0 Å². The first-order valence-electron chi connectivity index (χ1n) is 10.2. The molecule has 7 heteroatoms. The Hall–Kier alpha value is -2.57. The van der Waals surface area contributed by atoms with E-state index in [1.54, 1.807) is 0 Å². The highest BCUT2D eigenvalue weighted by atomic mass is 16.2. The molecule has 2 saturated heterocycles. The number of likely N-dealkylation sites (tertiary alicyclic amines) is 2. The maximum atomic E-state index is 12.8. The Labute approximate surface area is 166 Å². The van der Waals surface area contributed by atoms with Gasteiger partial charge >= 0.3 is 6.03 Å². The van der Waals surface area contributed by atoms with E-state index in [-0.39, 0.29) is 29.8 Å². The number of nitrogens with zero attached hydrogens (tertiary/aromatic N) is 2. The molecule has 2 heterocycles. The molecular weight excluding hydrogens is 356 g/mol. The number of urea groups is 1. The second-order valence-corrected chi connectivity index (χ2v) is 7.80. The van der Waals surface area contributed by atoms with Crippen molar-refractivity contribution in [2.24, 2.45) is 5.92 Å². The molecular formula is C21H30N4O3. The number of hydrogen-bond donors (Lipinski definition) is 2. The van der Waals surface area contributed by atoms with Gasteiger partial charge in [0.1, 0.15) is 0 Å². The number of rotatable bonds is 4. The fourth-order valence-electron chi connectivity index (χ4n) is 3.98. The van der Waals surface area contributed by atoms with Crippen molar-refractivity contribution in [1.82, 2.24) is 15.1 Å². The Bertz CT molecular complexity index is 730. The highest BCUT2D eigenvalue weighted by molar-refractivity contribution is 5.88. The van der Waals surface area contributed by atoms with Crippen molar-refractivity contribution >= 4 is 23.5 Å². The molecule has 28 heavy (non-hydrogen) atoms. The normalized spacial score (nSPS) is 20.6. The molecule has 0 saturated carbocycles. The number of nitrogens with one attached hydrogen (secondary N) is 2. The van der Waals surface area contributed by atoms with Gasteiger partial charge in [0.15, 0.2) is 0 Å². The summed E-state index contributed by atoms with van der Waals surface area (Å²) in [6.07, 6.45) is 3.79. The summed E-state index contributed by atoms with van der Waals surface area (Å²) >= 11 is 0. The minimum absolute atomic E-state index is 0.0173. The Morgan fingerprint density at radius 1 is 1.07 bits per heavy atom. The fourth-order valence-corrected chi connectivity index (χ4v) is 3.98. The van der Waals surface area contributed by atoms with Gasteiger partial charge in [0.2, 0.25) is 11.8 Å². The van der Waals surface area contributed by atoms with Gasteiger partial charge in [-0.1, -0.05) is 12.1 Å². The van der Waals surface area contributed by atoms with Crippen LogP contribution in [-0.4, -0.2) is 53.8 Å². The van der Waals surface area contributed by atoms with Gasteiger partial charge in [0, 0.05) is 38.8 Å². The Morgan fingerprint density at radius 3 is 2.50 bits per heavy atom. The number of benzene rings is 1. The van der Waals surface area contributed by atoms with Crippen molar-refractivity contribution in [2.45, 2.75) is 45.6 Å². The van der Waals surface area contributed by atoms with Gasteiger partial charge in [-0.05, 0) is 50.3 Å². The number of amides is 4. The lowest BCUT2D eigenvalue weighted by Crippen LogP contribution is -2.49. The Balaban J connectivity index is 1.57. The van der Waals surface area contributed by atoms with Crippen molar-refractivity contribution in [3.8, 4) is 0 Å². The first-order valence-corrected chi connectivity index (χ1v) is 10.2. The molecule has 3 rings (SSSR count). The predicted octanol–water partition coefficient (Wildman–Crippen LogP) is 2.75. The second kappa shape index (κ2) is 9.08. The molecule has 2 atom stereocenters. The summed E-state index contributed by atoms with van der Waals surface area (Å²) in [5.41, 5.74) is 1.64. The smallest absolute Gasteiger partial charge is 0.320 e. The van der Waals surface area contributed by atoms with Crippen molar-refractivity contribution in [1.29, 1.82) is 0 Å². The van der Waals surface area contributed by atoms with Crippen LogP contribution in [0.15, 0.2) is 24.3 Å². The van der Waals surface area contributed by atoms with Crippen LogP contribution in [0.4, 0.5) is 10.5 Å². The van der Waals surface area contributed by atoms with E-state index >= 15 is 0 Å². The van der Waals surface area contributed by atoms with Gasteiger partial charge < -0.3 is 20.4 Å². The summed E-state index contributed by atoms with van der Waals surface area (Å²) in [7, 11) is 0. The molecule has 152 valence electrons. The van der Waals surface area contributed by atoms with Crippen LogP contribution in [-0.2, 0) is 9.59 Å². The zero-order valence-electron chi connectivity index (χ0n) is 16.7. The first kappa shape index (κ1) is 20.2. The van der Waals surface area contributed by atoms with Crippen LogP contribution in [0.5, 0.6) is 0 Å². The maximum absolute atomic E-state index is 12.8. The minimum atomic E-state index is -0.179. The third kappa shape index (κ3) is 5.03. The van der Waals surface area contributed by atoms with E-state index in [1.807, 2.05) is 41.0 Å². The lowest BCUT2D eigenvalue weighted by atomic mass is 9.96. The minimum Gasteiger partial charge on any atom is -0.349 e. The zero-order chi connectivity index (χ0) is 20.1. The van der Waals surface area contributed by atoms with E-state index in [0.29, 0.717) is 12.2 Å². The van der Waals surface area contributed by atoms with Crippen molar-refractivity contribution in [2.75, 3.05) is 31.5 Å². The average Bonchev–Trinajstić information content (AvgIpc) is 3.22. The van der Waals surface area contributed by atoms with Crippen LogP contribution < -0.4 is 10.6 Å². The summed E-state index contributed by atoms with van der Waals surface area (Å²) in [5, 5.41) is 5.83. The quantitative estimate of drug-likeness (QED) is 0.835. The van der Waals surface area contributed by atoms with E-state index in [2.05, 4.69) is 10.6 Å². The molecule has 0 bridgehead atoms. The summed E-state index contributed by atoms with van der Waals surface area (Å²) in [6.45, 7) is 6.27. The summed E-state index contributed by atoms with van der Waals surface area (Å²) < 4.78 is 0. The van der Waals surface area contributed by atoms with Gasteiger partial charge in [-0.3, -0.25) is 9.59 Å². The number of carbonyl (C=O) groups is 3. The molecule has 2 N–H and O–H groups in total. The van der Waals surface area contributed by atoms with E-state index in [1.165, 1.54) is 6.92 Å². The largest absolute Gasteiger partial charge is 0.349 e. The molecule has 0 aromatic heterocycles. The van der Waals surface area contributed by atoms with Gasteiger partial charge in [-0.2, -0.15) is 0 Å². The Kier molecular flexibility index (Phi) is 6.54. The fraction of sp³-hybridized carbons (Fsp3) is 0.571. The SMILES string of the molecule is CC(=O)Nc1cccc([C@@H](C)NC(=O)[C@@H]2CCCN(C(=O)N3CCCC3)C2)c1. The topological polar surface area (TPSA) is 81.8 Å². The molecule has 4 amide bonds. The van der Waals surface area contributed by atoms with E-state index in [0.717, 1.165) is 50.9 Å². The highest BCUT2D eigenvalue weighted by Gasteiger charge is 2.32. The molecule has 1 aromatic rings. The second-order valence-electron chi connectivity index (χ2n) is 7.80. The van der Waals surface area contributed by atoms with Gasteiger partial charge in [-0.25, -0.2) is 4.79 Å². The molecule has 2 aliphatic heterocycles. The third-order valence-electron chi connectivity index (χ3n) is 5.51. The Morgan fingerprint density at radius 2 is 1.79 bits per heavy atom. The van der Waals surface area contributed by atoms with Crippen LogP contribution in [0.2, 0.25) is 0 Å². The van der Waals surface area contributed by atoms with Crippen LogP contribution >= 0.6 is 0 Å². The highest BCUT2D eigenvalue weighted by Crippen LogP contribution is 2.22. The maximum Gasteiger partial charge on any atom is 0.320 e. The van der Waals surface area contributed by atoms with Crippen molar-refractivity contribution < 1.29 is 14.4 Å². The van der Waals surface area contributed by atoms with Crippen LogP contribution in [0, 0.1) is 5.92 Å². The molecule has 0 radical (unpaired) electrons. The van der Waals surface area contributed by atoms with E-state index < -0.39 is 0 Å². The van der Waals surface area contributed by atoms with Crippen molar-refractivity contribution in [3.63, 3.8) is 0 Å². The zero-order valence-corrected chi connectivity index (χ0v) is 16.7. The van der Waals surface area contributed by atoms with E-state index in [4.69, 9.17) is 0 Å². The monoisotopic (exact) mass is 386 g/mol. The van der Waals surface area contributed by atoms with Crippen LogP contribution in [0.3, 0.4) is 0 Å². The standard InChI is InChI=1S/C21H30N4O3/c1-15(17-7-5-9-19(13-17)23-16(2)26)22-20(27)18-8-6-12-25(14-18)21(28)24-10-3-4-11-24/h5,7,9,13,15,18H,3-4,6,8,10-12,14H2,1-2H3,(H,22,27)(H,23,26)/t15-,18-/m1/s1. The van der Waals surface area contributed by atoms with Gasteiger partial charge in [0.05, 0.1) is 12.0 Å². The first-order chi connectivity index (χ1) is 13.4. The molecule has 1 aromatic carbocycles. The number of hydrogen-bond acceptors (Lipinski definition) is 3. The molecule has 0 spiro atoms. The van der Waals surface area contributed by atoms with Crippen LogP contribution in [0.25, 0.3) is 0 Å². The summed E-state index contributed by atoms with van der Waals surface area (Å²) in [5.74, 6) is -0.323. The summed E-state index contributed by atoms with van der Waals surface area (Å²) in [6, 6.07) is 7.39. The predicted molar refractivity (Wildman–Crippen MR) is 108 cm³/mol. The third-order valence-corrected chi connectivity index (χ3v) is 5.51. The molecule has 0 unspecified atom stereocenters.